The zero-order valence-electron chi connectivity index (χ0n) is 24.4. The lowest BCUT2D eigenvalue weighted by molar-refractivity contribution is -0.386. The van der Waals surface area contributed by atoms with Crippen LogP contribution < -0.4 is 9.47 Å². The fraction of sp³-hybridized carbons (Fsp3) is 0.364. The van der Waals surface area contributed by atoms with Gasteiger partial charge >= 0.3 is 6.03 Å². The summed E-state index contributed by atoms with van der Waals surface area (Å²) in [7, 11) is 2.78. The predicted octanol–water partition coefficient (Wildman–Crippen LogP) is 6.57. The summed E-state index contributed by atoms with van der Waals surface area (Å²) < 4.78 is 10.9. The third kappa shape index (κ3) is 4.87. The summed E-state index contributed by atoms with van der Waals surface area (Å²) in [5, 5.41) is 13.0. The van der Waals surface area contributed by atoms with Gasteiger partial charge in [0.15, 0.2) is 17.3 Å². The van der Waals surface area contributed by atoms with Gasteiger partial charge in [0.1, 0.15) is 6.04 Å². The highest BCUT2D eigenvalue weighted by Crippen LogP contribution is 2.57. The lowest BCUT2D eigenvalue weighted by Crippen LogP contribution is -2.45. The first-order chi connectivity index (χ1) is 21.3. The normalized spacial score (nSPS) is 23.5. The van der Waals surface area contributed by atoms with Crippen LogP contribution in [0.4, 0.5) is 10.5 Å². The fourth-order valence-corrected chi connectivity index (χ4v) is 7.39. The van der Waals surface area contributed by atoms with Gasteiger partial charge in [-0.15, -0.1) is 0 Å². The number of Topliss-reactive ketones (excluding diaryl/α,β-unsaturated/α-hetero) is 1. The smallest absolute Gasteiger partial charge is 0.328 e. The summed E-state index contributed by atoms with van der Waals surface area (Å²) in [6.45, 7) is 0. The number of nitro benzene ring substituents is 1. The molecule has 10 nitrogen and oxygen atoms in total. The third-order valence-corrected chi connectivity index (χ3v) is 9.44. The van der Waals surface area contributed by atoms with Crippen molar-refractivity contribution in [2.75, 3.05) is 14.2 Å². The van der Waals surface area contributed by atoms with Crippen LogP contribution in [0.3, 0.4) is 0 Å². The summed E-state index contributed by atoms with van der Waals surface area (Å²) >= 11 is 6.13. The molecule has 228 valence electrons. The first-order valence-electron chi connectivity index (χ1n) is 14.7. The van der Waals surface area contributed by atoms with E-state index in [0.29, 0.717) is 29.0 Å². The molecule has 0 radical (unpaired) electrons. The molecule has 6 rings (SSSR count). The number of ether oxygens (including phenoxy) is 2. The van der Waals surface area contributed by atoms with Gasteiger partial charge in [-0.05, 0) is 48.7 Å². The van der Waals surface area contributed by atoms with Gasteiger partial charge in [0.25, 0.3) is 11.6 Å². The van der Waals surface area contributed by atoms with Gasteiger partial charge in [0.05, 0.1) is 42.7 Å². The summed E-state index contributed by atoms with van der Waals surface area (Å²) in [6, 6.07) is 15.2. The van der Waals surface area contributed by atoms with E-state index in [4.69, 9.17) is 21.1 Å². The molecule has 3 fully saturated rings. The Kier molecular flexibility index (Phi) is 8.02. The van der Waals surface area contributed by atoms with Gasteiger partial charge in [-0.1, -0.05) is 61.2 Å². The molecule has 0 aromatic heterocycles. The molecular formula is C33H32ClN3O7. The summed E-state index contributed by atoms with van der Waals surface area (Å²) in [6.07, 6.45) is 4.23. The van der Waals surface area contributed by atoms with Crippen molar-refractivity contribution < 1.29 is 28.8 Å². The van der Waals surface area contributed by atoms with E-state index in [0.717, 1.165) is 19.3 Å². The molecule has 3 amide bonds. The number of carbonyl (C=O) groups excluding carboxylic acids is 3. The van der Waals surface area contributed by atoms with Crippen molar-refractivity contribution >= 4 is 35.0 Å². The quantitative estimate of drug-likeness (QED) is 0.121. The molecule has 0 N–H and O–H groups in total. The number of fused-ring (bicyclic) bond motifs is 1. The van der Waals surface area contributed by atoms with Crippen LogP contribution in [0.2, 0.25) is 5.02 Å². The number of imide groups is 1. The van der Waals surface area contributed by atoms with Crippen LogP contribution in [0, 0.1) is 16.0 Å². The number of hydrogen-bond donors (Lipinski definition) is 0. The molecule has 0 spiro atoms. The molecule has 11 heteroatoms. The second-order valence-electron chi connectivity index (χ2n) is 11.4. The topological polar surface area (TPSA) is 119 Å². The Morgan fingerprint density at radius 2 is 1.55 bits per heavy atom. The van der Waals surface area contributed by atoms with E-state index >= 15 is 0 Å². The molecule has 2 aliphatic heterocycles. The number of urea groups is 1. The van der Waals surface area contributed by atoms with E-state index < -0.39 is 34.9 Å². The average molecular weight is 618 g/mol. The minimum absolute atomic E-state index is 0.0926. The van der Waals surface area contributed by atoms with Crippen LogP contribution in [0.5, 0.6) is 11.5 Å². The number of carbonyl (C=O) groups is 3. The van der Waals surface area contributed by atoms with Crippen LogP contribution in [0.15, 0.2) is 66.7 Å². The minimum Gasteiger partial charge on any atom is -0.493 e. The Bertz CT molecular complexity index is 1610. The maximum absolute atomic E-state index is 14.6. The van der Waals surface area contributed by atoms with Crippen molar-refractivity contribution in [3.05, 3.63) is 98.6 Å². The summed E-state index contributed by atoms with van der Waals surface area (Å²) in [4.78, 5) is 58.2. The number of nitrogens with zero attached hydrogens (tertiary/aromatic N) is 3. The molecule has 3 aromatic carbocycles. The molecule has 4 atom stereocenters. The molecule has 1 aliphatic carbocycles. The van der Waals surface area contributed by atoms with Gasteiger partial charge < -0.3 is 14.4 Å². The van der Waals surface area contributed by atoms with E-state index in [1.165, 1.54) is 36.2 Å². The number of hydrogen-bond acceptors (Lipinski definition) is 7. The number of nitro groups is 1. The Balaban J connectivity index is 1.61. The van der Waals surface area contributed by atoms with E-state index in [-0.39, 0.29) is 40.5 Å². The Morgan fingerprint density at radius 3 is 2.16 bits per heavy atom. The van der Waals surface area contributed by atoms with E-state index in [9.17, 15) is 24.5 Å². The van der Waals surface area contributed by atoms with Crippen molar-refractivity contribution in [2.24, 2.45) is 5.92 Å². The van der Waals surface area contributed by atoms with Gasteiger partial charge in [-0.3, -0.25) is 24.6 Å². The molecule has 3 aliphatic rings. The first-order valence-corrected chi connectivity index (χ1v) is 15.0. The second-order valence-corrected chi connectivity index (χ2v) is 11.9. The molecule has 44 heavy (non-hydrogen) atoms. The van der Waals surface area contributed by atoms with Gasteiger partial charge in [0, 0.05) is 22.5 Å². The molecule has 4 unspecified atom stereocenters. The zero-order chi connectivity index (χ0) is 31.1. The SMILES string of the molecule is COc1cc(C2C(C(=O)c3ccc(Cl)cc3)C(c3ccccc3)C3C(=O)N(C4CCCCC4)C(=O)N32)c([N+](=O)[O-])cc1OC. The molecule has 1 saturated carbocycles. The minimum atomic E-state index is -1.15. The number of amides is 3. The second kappa shape index (κ2) is 11.9. The number of rotatable bonds is 8. The average Bonchev–Trinajstić information content (AvgIpc) is 3.53. The summed E-state index contributed by atoms with van der Waals surface area (Å²) in [5.74, 6) is -2.22. The monoisotopic (exact) mass is 617 g/mol. The highest BCUT2D eigenvalue weighted by molar-refractivity contribution is 6.30. The highest BCUT2D eigenvalue weighted by Gasteiger charge is 2.64. The molecular weight excluding hydrogens is 586 g/mol. The first kappa shape index (κ1) is 29.6. The summed E-state index contributed by atoms with van der Waals surface area (Å²) in [5.41, 5.74) is 0.756. The maximum Gasteiger partial charge on any atom is 0.328 e. The van der Waals surface area contributed by atoms with Crippen LogP contribution in [-0.2, 0) is 4.79 Å². The lowest BCUT2D eigenvalue weighted by Gasteiger charge is -2.33. The lowest BCUT2D eigenvalue weighted by atomic mass is 9.75. The van der Waals surface area contributed by atoms with E-state index in [1.54, 1.807) is 24.3 Å². The zero-order valence-corrected chi connectivity index (χ0v) is 25.1. The molecule has 3 aromatic rings. The van der Waals surface area contributed by atoms with Gasteiger partial charge in [-0.25, -0.2) is 4.79 Å². The van der Waals surface area contributed by atoms with Crippen molar-refractivity contribution in [3.8, 4) is 11.5 Å². The van der Waals surface area contributed by atoms with Crippen LogP contribution in [0.25, 0.3) is 0 Å². The van der Waals surface area contributed by atoms with Gasteiger partial charge in [0.2, 0.25) is 0 Å². The van der Waals surface area contributed by atoms with Crippen molar-refractivity contribution in [1.82, 2.24) is 9.80 Å². The van der Waals surface area contributed by atoms with Crippen LogP contribution in [-0.4, -0.2) is 58.7 Å². The number of methoxy groups -OCH3 is 2. The predicted molar refractivity (Wildman–Crippen MR) is 162 cm³/mol. The van der Waals surface area contributed by atoms with Crippen molar-refractivity contribution in [3.63, 3.8) is 0 Å². The van der Waals surface area contributed by atoms with Crippen LogP contribution >= 0.6 is 11.6 Å². The molecule has 2 saturated heterocycles. The largest absolute Gasteiger partial charge is 0.493 e. The van der Waals surface area contributed by atoms with E-state index in [2.05, 4.69) is 0 Å². The third-order valence-electron chi connectivity index (χ3n) is 9.19. The Labute approximate surface area is 259 Å². The standard InChI is InChI=1S/C33H32ClN3O7/c1-43-25-17-23(24(37(41)42)18-26(25)44-2)29-28(31(38)20-13-15-21(34)16-14-20)27(19-9-5-3-6-10-19)30-32(39)35(33(40)36(29)30)22-11-7-4-8-12-22/h3,5-6,9-10,13-18,22,27-30H,4,7-8,11-12H2,1-2H3. The Morgan fingerprint density at radius 1 is 0.909 bits per heavy atom. The number of ketones is 1. The highest BCUT2D eigenvalue weighted by atomic mass is 35.5. The molecule has 2 heterocycles. The van der Waals surface area contributed by atoms with E-state index in [1.807, 2.05) is 30.3 Å². The van der Waals surface area contributed by atoms with Crippen LogP contribution in [0.1, 0.15) is 65.5 Å². The van der Waals surface area contributed by atoms with Gasteiger partial charge in [-0.2, -0.15) is 0 Å². The maximum atomic E-state index is 14.6. The Hall–Kier alpha value is -4.44. The molecule has 0 bridgehead atoms. The van der Waals surface area contributed by atoms with Crippen molar-refractivity contribution in [2.45, 2.75) is 56.1 Å². The van der Waals surface area contributed by atoms with Crippen molar-refractivity contribution in [1.29, 1.82) is 0 Å². The number of benzene rings is 3. The number of halogens is 1. The fourth-order valence-electron chi connectivity index (χ4n) is 7.26.